The largest absolute Gasteiger partial charge is 0.367 e. The van der Waals surface area contributed by atoms with Gasteiger partial charge in [0.05, 0.1) is 22.3 Å². The molecule has 0 spiro atoms. The van der Waals surface area contributed by atoms with Gasteiger partial charge in [0.1, 0.15) is 6.07 Å². The van der Waals surface area contributed by atoms with E-state index in [-0.39, 0.29) is 0 Å². The van der Waals surface area contributed by atoms with Gasteiger partial charge in [-0.2, -0.15) is 5.26 Å². The predicted molar refractivity (Wildman–Crippen MR) is 108 cm³/mol. The Labute approximate surface area is 159 Å². The maximum absolute atomic E-state index is 9.39. The Kier molecular flexibility index (Phi) is 3.97. The van der Waals surface area contributed by atoms with Crippen LogP contribution < -0.4 is 9.80 Å². The first kappa shape index (κ1) is 16.2. The van der Waals surface area contributed by atoms with Crippen molar-refractivity contribution in [2.45, 2.75) is 19.4 Å². The Morgan fingerprint density at radius 1 is 0.926 bits per heavy atom. The fraction of sp³-hybridized carbons (Fsp3) is 0.364. The van der Waals surface area contributed by atoms with Gasteiger partial charge in [-0.15, -0.1) is 0 Å². The molecule has 2 aliphatic rings. The van der Waals surface area contributed by atoms with Crippen LogP contribution >= 0.6 is 0 Å². The summed E-state index contributed by atoms with van der Waals surface area (Å²) < 4.78 is 2.42. The lowest BCUT2D eigenvalue weighted by Gasteiger charge is -2.37. The van der Waals surface area contributed by atoms with Crippen LogP contribution in [0.3, 0.4) is 0 Å². The fourth-order valence-corrected chi connectivity index (χ4v) is 4.03. The van der Waals surface area contributed by atoms with Crippen LogP contribution in [0.5, 0.6) is 0 Å². The highest BCUT2D eigenvalue weighted by molar-refractivity contribution is 5.79. The Morgan fingerprint density at radius 3 is 2.41 bits per heavy atom. The summed E-state index contributed by atoms with van der Waals surface area (Å²) in [5.41, 5.74) is 4.14. The van der Waals surface area contributed by atoms with Crippen molar-refractivity contribution < 1.29 is 0 Å². The van der Waals surface area contributed by atoms with E-state index in [4.69, 9.17) is 4.98 Å². The van der Waals surface area contributed by atoms with Crippen LogP contribution in [0.15, 0.2) is 48.5 Å². The van der Waals surface area contributed by atoms with E-state index in [9.17, 15) is 5.26 Å². The van der Waals surface area contributed by atoms with Gasteiger partial charge in [0, 0.05) is 32.7 Å². The van der Waals surface area contributed by atoms with Gasteiger partial charge in [-0.3, -0.25) is 0 Å². The number of imidazole rings is 1. The number of piperazine rings is 1. The highest BCUT2D eigenvalue weighted by Gasteiger charge is 2.27. The van der Waals surface area contributed by atoms with Gasteiger partial charge in [0.15, 0.2) is 0 Å². The first-order chi connectivity index (χ1) is 13.3. The van der Waals surface area contributed by atoms with Crippen molar-refractivity contribution in [2.75, 3.05) is 36.0 Å². The molecule has 5 heteroatoms. The minimum Gasteiger partial charge on any atom is -0.367 e. The maximum Gasteiger partial charge on any atom is 0.206 e. The molecule has 1 saturated carbocycles. The van der Waals surface area contributed by atoms with Gasteiger partial charge in [0.2, 0.25) is 5.95 Å². The summed E-state index contributed by atoms with van der Waals surface area (Å²) in [4.78, 5) is 9.70. The van der Waals surface area contributed by atoms with Crippen LogP contribution in [0.2, 0.25) is 0 Å². The molecule has 2 heterocycles. The number of nitrogens with zero attached hydrogens (tertiary/aromatic N) is 5. The van der Waals surface area contributed by atoms with Crippen molar-refractivity contribution in [3.05, 3.63) is 54.1 Å². The number of para-hydroxylation sites is 3. The summed E-state index contributed by atoms with van der Waals surface area (Å²) in [6.07, 6.45) is 2.68. The van der Waals surface area contributed by atoms with E-state index in [1.54, 1.807) is 0 Å². The molecule has 0 radical (unpaired) electrons. The summed E-state index contributed by atoms with van der Waals surface area (Å²) in [5, 5.41) is 9.39. The smallest absolute Gasteiger partial charge is 0.206 e. The monoisotopic (exact) mass is 357 g/mol. The summed E-state index contributed by atoms with van der Waals surface area (Å²) in [6.45, 7) is 4.74. The maximum atomic E-state index is 9.39. The van der Waals surface area contributed by atoms with Gasteiger partial charge < -0.3 is 14.4 Å². The van der Waals surface area contributed by atoms with Crippen LogP contribution in [0.1, 0.15) is 18.4 Å². The van der Waals surface area contributed by atoms with E-state index in [1.165, 1.54) is 18.4 Å². The molecule has 27 heavy (non-hydrogen) atoms. The SMILES string of the molecule is N#Cc1ccccc1N1CCN(c2nc3ccccc3n2CC2CC2)CC1. The van der Waals surface area contributed by atoms with Crippen molar-refractivity contribution in [1.29, 1.82) is 5.26 Å². The van der Waals surface area contributed by atoms with Crippen molar-refractivity contribution >= 4 is 22.7 Å². The minimum atomic E-state index is 0.756. The second-order valence-electron chi connectivity index (χ2n) is 7.56. The zero-order valence-corrected chi connectivity index (χ0v) is 15.4. The third-order valence-electron chi connectivity index (χ3n) is 5.70. The Morgan fingerprint density at radius 2 is 1.63 bits per heavy atom. The number of benzene rings is 2. The normalized spacial score (nSPS) is 17.3. The molecule has 1 aromatic heterocycles. The van der Waals surface area contributed by atoms with Crippen molar-refractivity contribution in [1.82, 2.24) is 9.55 Å². The molecule has 136 valence electrons. The highest BCUT2D eigenvalue weighted by atomic mass is 15.4. The van der Waals surface area contributed by atoms with E-state index in [2.05, 4.69) is 50.8 Å². The van der Waals surface area contributed by atoms with E-state index < -0.39 is 0 Å². The van der Waals surface area contributed by atoms with E-state index >= 15 is 0 Å². The number of nitriles is 1. The van der Waals surface area contributed by atoms with Gasteiger partial charge in [-0.05, 0) is 43.0 Å². The Bertz CT molecular complexity index is 1000. The topological polar surface area (TPSA) is 48.1 Å². The Balaban J connectivity index is 1.40. The predicted octanol–water partition coefficient (Wildman–Crippen LogP) is 3.64. The lowest BCUT2D eigenvalue weighted by molar-refractivity contribution is 0.592. The first-order valence-corrected chi connectivity index (χ1v) is 9.78. The molecule has 0 amide bonds. The van der Waals surface area contributed by atoms with Crippen molar-refractivity contribution in [3.8, 4) is 6.07 Å². The molecule has 5 rings (SSSR count). The third kappa shape index (κ3) is 3.02. The molecule has 1 aliphatic heterocycles. The van der Waals surface area contributed by atoms with Crippen LogP contribution in [-0.2, 0) is 6.54 Å². The average Bonchev–Trinajstić information content (AvgIpc) is 3.48. The van der Waals surface area contributed by atoms with Crippen LogP contribution in [0, 0.1) is 17.2 Å². The molecule has 0 unspecified atom stereocenters. The zero-order chi connectivity index (χ0) is 18.2. The third-order valence-corrected chi connectivity index (χ3v) is 5.70. The minimum absolute atomic E-state index is 0.756. The number of rotatable bonds is 4. The molecule has 2 aromatic carbocycles. The number of fused-ring (bicyclic) bond motifs is 1. The van der Waals surface area contributed by atoms with Crippen molar-refractivity contribution in [3.63, 3.8) is 0 Å². The molecule has 1 saturated heterocycles. The van der Waals surface area contributed by atoms with Crippen LogP contribution in [-0.4, -0.2) is 35.7 Å². The molecule has 2 fully saturated rings. The Hall–Kier alpha value is -3.00. The molecule has 5 nitrogen and oxygen atoms in total. The second-order valence-corrected chi connectivity index (χ2v) is 7.56. The summed E-state index contributed by atoms with van der Waals surface area (Å²) >= 11 is 0. The van der Waals surface area contributed by atoms with Gasteiger partial charge in [0.25, 0.3) is 0 Å². The first-order valence-electron chi connectivity index (χ1n) is 9.78. The fourth-order valence-electron chi connectivity index (χ4n) is 4.03. The molecule has 1 aliphatic carbocycles. The molecule has 3 aromatic rings. The second kappa shape index (κ2) is 6.62. The summed E-state index contributed by atoms with van der Waals surface area (Å²) in [6, 6.07) is 18.7. The number of anilines is 2. The van der Waals surface area contributed by atoms with Gasteiger partial charge in [-0.1, -0.05) is 24.3 Å². The van der Waals surface area contributed by atoms with E-state index in [0.29, 0.717) is 0 Å². The van der Waals surface area contributed by atoms with E-state index in [0.717, 1.165) is 61.4 Å². The quantitative estimate of drug-likeness (QED) is 0.715. The molecule has 0 bridgehead atoms. The van der Waals surface area contributed by atoms with Gasteiger partial charge in [-0.25, -0.2) is 4.98 Å². The number of hydrogen-bond donors (Lipinski definition) is 0. The lowest BCUT2D eigenvalue weighted by Crippen LogP contribution is -2.47. The molecule has 0 N–H and O–H groups in total. The number of hydrogen-bond acceptors (Lipinski definition) is 4. The molecule has 0 atom stereocenters. The van der Waals surface area contributed by atoms with Gasteiger partial charge >= 0.3 is 0 Å². The molecular weight excluding hydrogens is 334 g/mol. The molecular formula is C22H23N5. The van der Waals surface area contributed by atoms with E-state index in [1.807, 2.05) is 18.2 Å². The highest BCUT2D eigenvalue weighted by Crippen LogP contribution is 2.34. The summed E-state index contributed by atoms with van der Waals surface area (Å²) in [7, 11) is 0. The standard InChI is InChI=1S/C22H23N5/c23-15-18-5-1-3-7-20(18)25-11-13-26(14-12-25)22-24-19-6-2-4-8-21(19)27(22)16-17-9-10-17/h1-8,17H,9-14,16H2. The zero-order valence-electron chi connectivity index (χ0n) is 15.4. The number of aromatic nitrogens is 2. The van der Waals surface area contributed by atoms with Crippen LogP contribution in [0.4, 0.5) is 11.6 Å². The van der Waals surface area contributed by atoms with Crippen LogP contribution in [0.25, 0.3) is 11.0 Å². The average molecular weight is 357 g/mol. The lowest BCUT2D eigenvalue weighted by atomic mass is 10.1. The summed E-state index contributed by atoms with van der Waals surface area (Å²) in [5.74, 6) is 1.92. The van der Waals surface area contributed by atoms with Crippen molar-refractivity contribution in [2.24, 2.45) is 5.92 Å².